The fourth-order valence-corrected chi connectivity index (χ4v) is 5.68. The normalized spacial score (nSPS) is 27.6. The fourth-order valence-electron chi connectivity index (χ4n) is 2.73. The van der Waals surface area contributed by atoms with Crippen molar-refractivity contribution in [2.24, 2.45) is 5.92 Å². The summed E-state index contributed by atoms with van der Waals surface area (Å²) in [4.78, 5) is 0.250. The fraction of sp³-hybridized carbons (Fsp3) is 0.750. The van der Waals surface area contributed by atoms with Gasteiger partial charge in [-0.2, -0.15) is 4.37 Å². The summed E-state index contributed by atoms with van der Waals surface area (Å²) in [6.45, 7) is 2.23. The monoisotopic (exact) mass is 301 g/mol. The third kappa shape index (κ3) is 2.45. The zero-order chi connectivity index (χ0) is 13.6. The number of sulfone groups is 1. The highest BCUT2D eigenvalue weighted by atomic mass is 32.2. The van der Waals surface area contributed by atoms with Crippen molar-refractivity contribution in [1.82, 2.24) is 4.37 Å². The second-order valence-corrected chi connectivity index (χ2v) is 8.67. The highest BCUT2D eigenvalue weighted by molar-refractivity contribution is 7.92. The Labute approximate surface area is 117 Å². The molecule has 2 saturated carbocycles. The molecule has 3 N–H and O–H groups in total. The molecule has 2 fully saturated rings. The molecule has 106 valence electrons. The summed E-state index contributed by atoms with van der Waals surface area (Å²) in [5, 5.41) is 3.75. The molecular formula is C12H19N3O2S2. The maximum Gasteiger partial charge on any atom is 0.187 e. The molecule has 2 aliphatic rings. The molecule has 0 bridgehead atoms. The van der Waals surface area contributed by atoms with Gasteiger partial charge in [0.2, 0.25) is 0 Å². The predicted molar refractivity (Wildman–Crippen MR) is 77.2 cm³/mol. The van der Waals surface area contributed by atoms with Crippen LogP contribution < -0.4 is 11.1 Å². The van der Waals surface area contributed by atoms with Crippen LogP contribution in [0.2, 0.25) is 0 Å². The molecule has 0 aliphatic heterocycles. The van der Waals surface area contributed by atoms with Gasteiger partial charge in [0.25, 0.3) is 0 Å². The lowest BCUT2D eigenvalue weighted by atomic mass is 10.1. The highest BCUT2D eigenvalue weighted by Crippen LogP contribution is 2.42. The molecule has 3 rings (SSSR count). The van der Waals surface area contributed by atoms with Crippen LogP contribution in [0.25, 0.3) is 0 Å². The second-order valence-electron chi connectivity index (χ2n) is 5.73. The van der Waals surface area contributed by atoms with Crippen LogP contribution in [0.3, 0.4) is 0 Å². The van der Waals surface area contributed by atoms with E-state index in [1.807, 2.05) is 0 Å². The lowest BCUT2D eigenvalue weighted by Crippen LogP contribution is -2.17. The molecule has 1 aromatic heterocycles. The topological polar surface area (TPSA) is 85.1 Å². The summed E-state index contributed by atoms with van der Waals surface area (Å²) in [5.41, 5.74) is 5.77. The number of hydrogen-bond acceptors (Lipinski definition) is 6. The molecule has 0 spiro atoms. The zero-order valence-corrected chi connectivity index (χ0v) is 12.6. The van der Waals surface area contributed by atoms with Gasteiger partial charge in [-0.3, -0.25) is 0 Å². The lowest BCUT2D eigenvalue weighted by Gasteiger charge is -2.13. The van der Waals surface area contributed by atoms with Gasteiger partial charge in [0.1, 0.15) is 9.90 Å². The summed E-state index contributed by atoms with van der Waals surface area (Å²) in [6, 6.07) is 0.350. The molecule has 0 amide bonds. The first-order chi connectivity index (χ1) is 8.98. The van der Waals surface area contributed by atoms with Crippen molar-refractivity contribution < 1.29 is 8.42 Å². The van der Waals surface area contributed by atoms with E-state index < -0.39 is 9.84 Å². The van der Waals surface area contributed by atoms with E-state index in [1.54, 1.807) is 0 Å². The van der Waals surface area contributed by atoms with Gasteiger partial charge in [0.15, 0.2) is 15.7 Å². The van der Waals surface area contributed by atoms with Crippen molar-refractivity contribution in [3.63, 3.8) is 0 Å². The molecule has 1 aromatic rings. The first-order valence-electron chi connectivity index (χ1n) is 6.74. The number of nitrogen functional groups attached to an aromatic ring is 1. The lowest BCUT2D eigenvalue weighted by molar-refractivity contribution is 0.594. The van der Waals surface area contributed by atoms with Crippen molar-refractivity contribution in [3.05, 3.63) is 0 Å². The summed E-state index contributed by atoms with van der Waals surface area (Å²) in [6.07, 6.45) is 4.86. The molecule has 0 radical (unpaired) electrons. The Bertz CT molecular complexity index is 578. The van der Waals surface area contributed by atoms with Gasteiger partial charge in [-0.15, -0.1) is 0 Å². The van der Waals surface area contributed by atoms with Gasteiger partial charge >= 0.3 is 0 Å². The number of anilines is 2. The minimum atomic E-state index is -3.28. The zero-order valence-electron chi connectivity index (χ0n) is 10.9. The Balaban J connectivity index is 1.86. The Hall–Kier alpha value is -0.820. The quantitative estimate of drug-likeness (QED) is 0.891. The standard InChI is InChI=1S/C12H19N3O2S2/c1-7-2-3-8(6-7)14-12-10(11(13)15-18-12)19(16,17)9-4-5-9/h7-9,14H,2-6H2,1H3,(H2,13,15). The molecule has 0 saturated heterocycles. The van der Waals surface area contributed by atoms with E-state index in [9.17, 15) is 8.42 Å². The van der Waals surface area contributed by atoms with Crippen molar-refractivity contribution in [2.75, 3.05) is 11.1 Å². The maximum atomic E-state index is 12.4. The molecule has 2 aliphatic carbocycles. The average Bonchev–Trinajstić information content (AvgIpc) is 3.04. The van der Waals surface area contributed by atoms with E-state index in [4.69, 9.17) is 5.73 Å². The van der Waals surface area contributed by atoms with Crippen molar-refractivity contribution in [1.29, 1.82) is 0 Å². The van der Waals surface area contributed by atoms with Crippen LogP contribution in [0.15, 0.2) is 4.90 Å². The Morgan fingerprint density at radius 3 is 2.63 bits per heavy atom. The average molecular weight is 301 g/mol. The van der Waals surface area contributed by atoms with Gasteiger partial charge in [-0.05, 0) is 49.6 Å². The Morgan fingerprint density at radius 2 is 2.05 bits per heavy atom. The maximum absolute atomic E-state index is 12.4. The highest BCUT2D eigenvalue weighted by Gasteiger charge is 2.41. The van der Waals surface area contributed by atoms with Crippen molar-refractivity contribution in [3.8, 4) is 0 Å². The van der Waals surface area contributed by atoms with Crippen LogP contribution in [0.4, 0.5) is 10.8 Å². The molecule has 1 heterocycles. The van der Waals surface area contributed by atoms with Gasteiger partial charge in [0, 0.05) is 6.04 Å². The molecule has 0 aromatic carbocycles. The van der Waals surface area contributed by atoms with Crippen LogP contribution >= 0.6 is 11.5 Å². The largest absolute Gasteiger partial charge is 0.382 e. The summed E-state index contributed by atoms with van der Waals surface area (Å²) in [5.74, 6) is 0.858. The van der Waals surface area contributed by atoms with E-state index >= 15 is 0 Å². The van der Waals surface area contributed by atoms with Crippen LogP contribution in [-0.2, 0) is 9.84 Å². The number of hydrogen-bond donors (Lipinski definition) is 2. The van der Waals surface area contributed by atoms with Crippen LogP contribution in [0, 0.1) is 5.92 Å². The van der Waals surface area contributed by atoms with Gasteiger partial charge < -0.3 is 11.1 Å². The molecular weight excluding hydrogens is 282 g/mol. The SMILES string of the molecule is CC1CCC(Nc2snc(N)c2S(=O)(=O)C2CC2)C1. The van der Waals surface area contributed by atoms with E-state index in [-0.39, 0.29) is 16.0 Å². The number of aromatic nitrogens is 1. The van der Waals surface area contributed by atoms with Gasteiger partial charge in [0.05, 0.1) is 5.25 Å². The summed E-state index contributed by atoms with van der Waals surface area (Å²) < 4.78 is 28.8. The number of nitrogens with one attached hydrogen (secondary N) is 1. The van der Waals surface area contributed by atoms with Crippen molar-refractivity contribution >= 4 is 32.2 Å². The molecule has 2 atom stereocenters. The van der Waals surface area contributed by atoms with E-state index in [2.05, 4.69) is 16.6 Å². The number of nitrogens with zero attached hydrogens (tertiary/aromatic N) is 1. The number of rotatable bonds is 4. The second kappa shape index (κ2) is 4.63. The van der Waals surface area contributed by atoms with Crippen LogP contribution in [0.5, 0.6) is 0 Å². The molecule has 7 heteroatoms. The number of nitrogens with two attached hydrogens (primary N) is 1. The molecule has 2 unspecified atom stereocenters. The third-order valence-corrected chi connectivity index (χ3v) is 7.21. The van der Waals surface area contributed by atoms with Crippen LogP contribution in [0.1, 0.15) is 39.0 Å². The van der Waals surface area contributed by atoms with E-state index in [0.29, 0.717) is 17.0 Å². The van der Waals surface area contributed by atoms with E-state index in [0.717, 1.165) is 25.7 Å². The van der Waals surface area contributed by atoms with E-state index in [1.165, 1.54) is 18.0 Å². The predicted octanol–water partition coefficient (Wildman–Crippen LogP) is 2.26. The first kappa shape index (κ1) is 13.2. The smallest absolute Gasteiger partial charge is 0.187 e. The Morgan fingerprint density at radius 1 is 1.32 bits per heavy atom. The molecule has 5 nitrogen and oxygen atoms in total. The van der Waals surface area contributed by atoms with Gasteiger partial charge in [-0.25, -0.2) is 8.42 Å². The van der Waals surface area contributed by atoms with Crippen LogP contribution in [-0.4, -0.2) is 24.1 Å². The summed E-state index contributed by atoms with van der Waals surface area (Å²) in [7, 11) is -3.28. The van der Waals surface area contributed by atoms with Gasteiger partial charge in [-0.1, -0.05) is 6.92 Å². The minimum absolute atomic E-state index is 0.158. The summed E-state index contributed by atoms with van der Waals surface area (Å²) >= 11 is 1.17. The minimum Gasteiger partial charge on any atom is -0.382 e. The molecule has 19 heavy (non-hydrogen) atoms. The van der Waals surface area contributed by atoms with Crippen molar-refractivity contribution in [2.45, 2.75) is 55.2 Å². The first-order valence-corrected chi connectivity index (χ1v) is 9.06. The third-order valence-electron chi connectivity index (χ3n) is 3.95. The Kier molecular flexibility index (Phi) is 3.21.